The Morgan fingerprint density at radius 1 is 1.07 bits per heavy atom. The van der Waals surface area contributed by atoms with Crippen molar-refractivity contribution in [2.24, 2.45) is 5.92 Å². The first-order valence-corrected chi connectivity index (χ1v) is 11.0. The lowest BCUT2D eigenvalue weighted by Crippen LogP contribution is -2.33. The van der Waals surface area contributed by atoms with E-state index in [9.17, 15) is 0 Å². The lowest BCUT2D eigenvalue weighted by molar-refractivity contribution is -0.146. The molecule has 3 rings (SSSR count). The number of hydrogen-bond donors (Lipinski definition) is 0. The van der Waals surface area contributed by atoms with Crippen LogP contribution in [0.15, 0.2) is 48.5 Å². The zero-order valence-corrected chi connectivity index (χ0v) is 18.0. The summed E-state index contributed by atoms with van der Waals surface area (Å²) in [6, 6.07) is 17.3. The van der Waals surface area contributed by atoms with Crippen LogP contribution in [0.5, 0.6) is 5.75 Å². The van der Waals surface area contributed by atoms with Gasteiger partial charge in [-0.25, -0.2) is 0 Å². The molecule has 0 radical (unpaired) electrons. The van der Waals surface area contributed by atoms with Crippen molar-refractivity contribution < 1.29 is 9.47 Å². The van der Waals surface area contributed by atoms with E-state index >= 15 is 0 Å². The minimum Gasteiger partial charge on any atom is -0.465 e. The van der Waals surface area contributed by atoms with E-state index in [-0.39, 0.29) is 12.4 Å². The third kappa shape index (κ3) is 5.85. The fourth-order valence-electron chi connectivity index (χ4n) is 4.28. The molecule has 0 amide bonds. The van der Waals surface area contributed by atoms with E-state index in [1.165, 1.54) is 29.5 Å². The molecule has 3 atom stereocenters. The second-order valence-electron chi connectivity index (χ2n) is 8.69. The Morgan fingerprint density at radius 3 is 2.54 bits per heavy atom. The Kier molecular flexibility index (Phi) is 7.56. The fraction of sp³-hybridized carbons (Fsp3) is 0.538. The maximum atomic E-state index is 6.28. The number of rotatable bonds is 8. The molecule has 2 nitrogen and oxygen atoms in total. The van der Waals surface area contributed by atoms with Crippen molar-refractivity contribution in [3.8, 4) is 5.75 Å². The molecule has 0 aromatic heterocycles. The fourth-order valence-corrected chi connectivity index (χ4v) is 4.28. The van der Waals surface area contributed by atoms with E-state index in [1.807, 2.05) is 0 Å². The minimum atomic E-state index is -0.135. The molecule has 0 spiro atoms. The number of ether oxygens (including phenoxy) is 2. The van der Waals surface area contributed by atoms with E-state index in [0.29, 0.717) is 5.92 Å². The predicted molar refractivity (Wildman–Crippen MR) is 117 cm³/mol. The normalized spacial score (nSPS) is 20.9. The van der Waals surface area contributed by atoms with Crippen molar-refractivity contribution in [2.45, 2.75) is 84.5 Å². The lowest BCUT2D eigenvalue weighted by Gasteiger charge is -2.31. The van der Waals surface area contributed by atoms with Crippen molar-refractivity contribution in [3.05, 3.63) is 65.2 Å². The first-order valence-electron chi connectivity index (χ1n) is 11.0. The van der Waals surface area contributed by atoms with Gasteiger partial charge >= 0.3 is 0 Å². The Labute approximate surface area is 171 Å². The smallest absolute Gasteiger partial charge is 0.200 e. The van der Waals surface area contributed by atoms with E-state index in [0.717, 1.165) is 37.4 Å². The van der Waals surface area contributed by atoms with Gasteiger partial charge in [-0.05, 0) is 73.6 Å². The number of aryl methyl sites for hydroxylation is 1. The highest BCUT2D eigenvalue weighted by molar-refractivity contribution is 5.37. The van der Waals surface area contributed by atoms with E-state index < -0.39 is 0 Å². The summed E-state index contributed by atoms with van der Waals surface area (Å²) in [4.78, 5) is 0. The number of hydrogen-bond acceptors (Lipinski definition) is 2. The molecule has 3 unspecified atom stereocenters. The Morgan fingerprint density at radius 2 is 1.86 bits per heavy atom. The van der Waals surface area contributed by atoms with Crippen LogP contribution in [-0.2, 0) is 11.2 Å². The summed E-state index contributed by atoms with van der Waals surface area (Å²) in [6.07, 6.45) is 6.74. The molecule has 1 fully saturated rings. The second-order valence-corrected chi connectivity index (χ2v) is 8.69. The van der Waals surface area contributed by atoms with Gasteiger partial charge in [-0.1, -0.05) is 63.2 Å². The van der Waals surface area contributed by atoms with Crippen molar-refractivity contribution in [2.75, 3.05) is 0 Å². The topological polar surface area (TPSA) is 18.5 Å². The summed E-state index contributed by atoms with van der Waals surface area (Å²) in [5.74, 6) is 2.32. The van der Waals surface area contributed by atoms with Crippen molar-refractivity contribution >= 4 is 0 Å². The summed E-state index contributed by atoms with van der Waals surface area (Å²) in [6.45, 7) is 9.05. The molecule has 1 saturated heterocycles. The Hall–Kier alpha value is -1.80. The van der Waals surface area contributed by atoms with Crippen molar-refractivity contribution in [3.63, 3.8) is 0 Å². The van der Waals surface area contributed by atoms with E-state index in [4.69, 9.17) is 9.47 Å². The minimum absolute atomic E-state index is 0.135. The molecule has 2 heteroatoms. The third-order valence-corrected chi connectivity index (χ3v) is 5.79. The van der Waals surface area contributed by atoms with Crippen LogP contribution in [-0.4, -0.2) is 12.4 Å². The van der Waals surface area contributed by atoms with Crippen LogP contribution >= 0.6 is 0 Å². The zero-order chi connectivity index (χ0) is 19.9. The highest BCUT2D eigenvalue weighted by Gasteiger charge is 2.24. The summed E-state index contributed by atoms with van der Waals surface area (Å²) in [7, 11) is 0. The van der Waals surface area contributed by atoms with Gasteiger partial charge in [0.2, 0.25) is 0 Å². The summed E-state index contributed by atoms with van der Waals surface area (Å²) < 4.78 is 12.6. The predicted octanol–water partition coefficient (Wildman–Crippen LogP) is 7.05. The van der Waals surface area contributed by atoms with Crippen LogP contribution in [0, 0.1) is 12.8 Å². The van der Waals surface area contributed by atoms with Gasteiger partial charge < -0.3 is 9.47 Å². The van der Waals surface area contributed by atoms with Crippen molar-refractivity contribution in [1.29, 1.82) is 0 Å². The molecule has 2 aromatic rings. The Bertz CT molecular complexity index is 722. The molecule has 2 aromatic carbocycles. The van der Waals surface area contributed by atoms with Crippen LogP contribution < -0.4 is 4.74 Å². The van der Waals surface area contributed by atoms with Crippen LogP contribution in [0.4, 0.5) is 0 Å². The molecule has 0 bridgehead atoms. The standard InChI is InChI=1S/C26H36O2/c1-5-22(16-19(2)3)23-14-15-25(20(4)17-23)28-26-13-9-12-24(27-26)18-21-10-7-6-8-11-21/h6-8,10-11,14-15,17,19,22,24,26H,5,9,12-13,16,18H2,1-4H3. The molecule has 152 valence electrons. The third-order valence-electron chi connectivity index (χ3n) is 5.79. The quantitative estimate of drug-likeness (QED) is 0.488. The highest BCUT2D eigenvalue weighted by Crippen LogP contribution is 2.32. The molecule has 0 N–H and O–H groups in total. The summed E-state index contributed by atoms with van der Waals surface area (Å²) in [5.41, 5.74) is 3.99. The van der Waals surface area contributed by atoms with E-state index in [2.05, 4.69) is 76.2 Å². The molecule has 0 aliphatic carbocycles. The van der Waals surface area contributed by atoms with Gasteiger partial charge in [0.25, 0.3) is 0 Å². The monoisotopic (exact) mass is 380 g/mol. The number of benzene rings is 2. The summed E-state index contributed by atoms with van der Waals surface area (Å²) >= 11 is 0. The van der Waals surface area contributed by atoms with Crippen LogP contribution in [0.2, 0.25) is 0 Å². The molecule has 1 heterocycles. The first kappa shape index (κ1) is 20.9. The van der Waals surface area contributed by atoms with Crippen LogP contribution in [0.3, 0.4) is 0 Å². The van der Waals surface area contributed by atoms with E-state index in [1.54, 1.807) is 0 Å². The average molecular weight is 381 g/mol. The van der Waals surface area contributed by atoms with Gasteiger partial charge in [0, 0.05) is 6.42 Å². The summed E-state index contributed by atoms with van der Waals surface area (Å²) in [5, 5.41) is 0. The lowest BCUT2D eigenvalue weighted by atomic mass is 9.87. The zero-order valence-electron chi connectivity index (χ0n) is 18.0. The molecular formula is C26H36O2. The largest absolute Gasteiger partial charge is 0.465 e. The van der Waals surface area contributed by atoms with Gasteiger partial charge in [0.15, 0.2) is 6.29 Å². The Balaban J connectivity index is 1.61. The van der Waals surface area contributed by atoms with Crippen LogP contribution in [0.25, 0.3) is 0 Å². The average Bonchev–Trinajstić information content (AvgIpc) is 2.69. The van der Waals surface area contributed by atoms with Gasteiger partial charge in [0.1, 0.15) is 5.75 Å². The van der Waals surface area contributed by atoms with Crippen molar-refractivity contribution in [1.82, 2.24) is 0 Å². The van der Waals surface area contributed by atoms with Crippen LogP contribution in [0.1, 0.15) is 75.5 Å². The maximum absolute atomic E-state index is 6.28. The van der Waals surface area contributed by atoms with Gasteiger partial charge in [0.05, 0.1) is 6.10 Å². The molecule has 1 aliphatic heterocycles. The molecular weight excluding hydrogens is 344 g/mol. The molecule has 1 aliphatic rings. The molecule has 0 saturated carbocycles. The highest BCUT2D eigenvalue weighted by atomic mass is 16.7. The second kappa shape index (κ2) is 10.1. The van der Waals surface area contributed by atoms with Gasteiger partial charge in [-0.15, -0.1) is 0 Å². The van der Waals surface area contributed by atoms with Gasteiger partial charge in [-0.2, -0.15) is 0 Å². The first-order chi connectivity index (χ1) is 13.5. The maximum Gasteiger partial charge on any atom is 0.200 e. The SMILES string of the molecule is CCC(CC(C)C)c1ccc(OC2CCCC(Cc3ccccc3)O2)c(C)c1. The molecule has 28 heavy (non-hydrogen) atoms. The van der Waals surface area contributed by atoms with Gasteiger partial charge in [-0.3, -0.25) is 0 Å².